The zero-order valence-corrected chi connectivity index (χ0v) is 16.9. The van der Waals surface area contributed by atoms with Crippen molar-refractivity contribution in [3.05, 3.63) is 93.6 Å². The number of aryl methyl sites for hydroxylation is 3. The van der Waals surface area contributed by atoms with Crippen LogP contribution >= 0.6 is 11.3 Å². The maximum Gasteiger partial charge on any atom is 0.338 e. The number of carbonyl (C=O) groups is 1. The maximum atomic E-state index is 11.0. The molecule has 5 nitrogen and oxygen atoms in total. The van der Waals surface area contributed by atoms with Gasteiger partial charge in [0.1, 0.15) is 5.01 Å². The van der Waals surface area contributed by atoms with Crippen LogP contribution in [-0.4, -0.2) is 25.8 Å². The molecule has 0 fully saturated rings. The van der Waals surface area contributed by atoms with Crippen molar-refractivity contribution in [1.82, 2.24) is 14.8 Å². The van der Waals surface area contributed by atoms with Gasteiger partial charge in [-0.2, -0.15) is 5.10 Å². The lowest BCUT2D eigenvalue weighted by Gasteiger charge is -2.07. The van der Waals surface area contributed by atoms with Crippen LogP contribution in [0.5, 0.6) is 0 Å². The highest BCUT2D eigenvalue weighted by atomic mass is 32.1. The van der Waals surface area contributed by atoms with Gasteiger partial charge in [0.05, 0.1) is 24.0 Å². The van der Waals surface area contributed by atoms with E-state index in [4.69, 9.17) is 10.1 Å². The molecule has 0 radical (unpaired) electrons. The summed E-state index contributed by atoms with van der Waals surface area (Å²) in [5.41, 5.74) is 6.10. The van der Waals surface area contributed by atoms with Gasteiger partial charge in [-0.1, -0.05) is 42.0 Å². The topological polar surface area (TPSA) is 68.0 Å². The fourth-order valence-electron chi connectivity index (χ4n) is 3.30. The van der Waals surface area contributed by atoms with Crippen molar-refractivity contribution in [2.45, 2.75) is 26.3 Å². The van der Waals surface area contributed by atoms with Crippen molar-refractivity contribution in [2.24, 2.45) is 0 Å². The molecule has 0 bridgehead atoms. The third-order valence-electron chi connectivity index (χ3n) is 4.71. The van der Waals surface area contributed by atoms with E-state index in [2.05, 4.69) is 54.5 Å². The Labute approximate surface area is 173 Å². The molecule has 2 aromatic carbocycles. The number of rotatable bonds is 7. The molecule has 2 aromatic heterocycles. The van der Waals surface area contributed by atoms with Gasteiger partial charge in [-0.15, -0.1) is 11.3 Å². The molecule has 0 spiro atoms. The van der Waals surface area contributed by atoms with E-state index >= 15 is 0 Å². The summed E-state index contributed by atoms with van der Waals surface area (Å²) in [6.07, 6.45) is 4.88. The van der Waals surface area contributed by atoms with Crippen molar-refractivity contribution in [3.8, 4) is 11.3 Å². The Morgan fingerprint density at radius 3 is 2.66 bits per heavy atom. The van der Waals surface area contributed by atoms with Crippen LogP contribution < -0.4 is 0 Å². The predicted octanol–water partition coefficient (Wildman–Crippen LogP) is 4.85. The number of thiazole rings is 1. The Hall–Kier alpha value is -3.25. The molecular weight excluding hydrogens is 382 g/mol. The Morgan fingerprint density at radius 2 is 1.90 bits per heavy atom. The van der Waals surface area contributed by atoms with Crippen molar-refractivity contribution < 1.29 is 9.90 Å². The highest BCUT2D eigenvalue weighted by Gasteiger charge is 2.10. The van der Waals surface area contributed by atoms with E-state index in [0.717, 1.165) is 29.1 Å². The number of nitrogens with zero attached hydrogens (tertiary/aromatic N) is 3. The lowest BCUT2D eigenvalue weighted by molar-refractivity contribution is 0.0696. The summed E-state index contributed by atoms with van der Waals surface area (Å²) >= 11 is 1.56. The molecule has 0 unspecified atom stereocenters. The van der Waals surface area contributed by atoms with Crippen LogP contribution in [-0.2, 0) is 19.4 Å². The van der Waals surface area contributed by atoms with E-state index in [1.807, 2.05) is 11.4 Å². The molecule has 1 N–H and O–H groups in total. The van der Waals surface area contributed by atoms with Crippen molar-refractivity contribution in [3.63, 3.8) is 0 Å². The molecule has 29 heavy (non-hydrogen) atoms. The number of aromatic nitrogens is 3. The lowest BCUT2D eigenvalue weighted by atomic mass is 9.99. The fraction of sp³-hybridized carbons (Fsp3) is 0.174. The second-order valence-electron chi connectivity index (χ2n) is 7.05. The van der Waals surface area contributed by atoms with Gasteiger partial charge in [-0.3, -0.25) is 4.68 Å². The van der Waals surface area contributed by atoms with Gasteiger partial charge in [0.2, 0.25) is 0 Å². The van der Waals surface area contributed by atoms with Gasteiger partial charge in [0.15, 0.2) is 0 Å². The molecule has 0 aliphatic rings. The first-order chi connectivity index (χ1) is 14.1. The normalized spacial score (nSPS) is 10.9. The second kappa shape index (κ2) is 8.41. The van der Waals surface area contributed by atoms with Crippen molar-refractivity contribution in [1.29, 1.82) is 0 Å². The first-order valence-corrected chi connectivity index (χ1v) is 10.3. The van der Waals surface area contributed by atoms with Crippen molar-refractivity contribution >= 4 is 17.3 Å². The minimum absolute atomic E-state index is 0.184. The smallest absolute Gasteiger partial charge is 0.338 e. The molecule has 146 valence electrons. The largest absolute Gasteiger partial charge is 0.478 e. The van der Waals surface area contributed by atoms with Gasteiger partial charge in [0.25, 0.3) is 0 Å². The molecule has 0 atom stereocenters. The number of hydrogen-bond donors (Lipinski definition) is 1. The minimum atomic E-state index is -0.973. The third kappa shape index (κ3) is 4.78. The van der Waals surface area contributed by atoms with E-state index in [9.17, 15) is 4.79 Å². The van der Waals surface area contributed by atoms with Crippen LogP contribution in [0.25, 0.3) is 11.3 Å². The summed E-state index contributed by atoms with van der Waals surface area (Å²) in [6.45, 7) is 2.57. The number of hydrogen-bond acceptors (Lipinski definition) is 4. The van der Waals surface area contributed by atoms with Crippen LogP contribution in [0, 0.1) is 6.92 Å². The van der Waals surface area contributed by atoms with E-state index in [1.54, 1.807) is 16.0 Å². The average molecular weight is 404 g/mol. The summed E-state index contributed by atoms with van der Waals surface area (Å²) < 4.78 is 1.60. The summed E-state index contributed by atoms with van der Waals surface area (Å²) in [7, 11) is 0. The van der Waals surface area contributed by atoms with E-state index in [-0.39, 0.29) is 5.56 Å². The Bertz CT molecular complexity index is 1130. The molecule has 2 heterocycles. The van der Waals surface area contributed by atoms with Crippen LogP contribution in [0.15, 0.2) is 66.3 Å². The number of benzene rings is 2. The highest BCUT2D eigenvalue weighted by Crippen LogP contribution is 2.25. The zero-order chi connectivity index (χ0) is 20.2. The first-order valence-electron chi connectivity index (χ1n) is 9.42. The molecule has 4 aromatic rings. The van der Waals surface area contributed by atoms with E-state index < -0.39 is 5.97 Å². The lowest BCUT2D eigenvalue weighted by Crippen LogP contribution is -2.00. The fourth-order valence-corrected chi connectivity index (χ4v) is 4.10. The first kappa shape index (κ1) is 19.1. The summed E-state index contributed by atoms with van der Waals surface area (Å²) in [5.74, 6) is -0.973. The average Bonchev–Trinajstić information content (AvgIpc) is 3.37. The molecule has 4 rings (SSSR count). The zero-order valence-electron chi connectivity index (χ0n) is 16.1. The monoisotopic (exact) mass is 403 g/mol. The number of aromatic carboxylic acids is 1. The summed E-state index contributed by atoms with van der Waals surface area (Å²) in [6, 6.07) is 17.1. The van der Waals surface area contributed by atoms with Gasteiger partial charge in [-0.05, 0) is 43.0 Å². The van der Waals surface area contributed by atoms with Crippen LogP contribution in [0.3, 0.4) is 0 Å². The minimum Gasteiger partial charge on any atom is -0.478 e. The van der Waals surface area contributed by atoms with Gasteiger partial charge < -0.3 is 5.11 Å². The van der Waals surface area contributed by atoms with Gasteiger partial charge in [0, 0.05) is 17.1 Å². The summed E-state index contributed by atoms with van der Waals surface area (Å²) in [4.78, 5) is 15.7. The van der Waals surface area contributed by atoms with Crippen molar-refractivity contribution in [2.75, 3.05) is 0 Å². The maximum absolute atomic E-state index is 11.0. The standard InChI is InChI=1S/C23H21N3O2S/c1-16-9-18(8-7-17-5-3-2-4-6-17)11-19(10-16)21-15-29-22(25-21)14-26-13-20(12-24-26)23(27)28/h2-6,9-13,15H,7-8,14H2,1H3,(H,27,28). The van der Waals surface area contributed by atoms with E-state index in [0.29, 0.717) is 6.54 Å². The Balaban J connectivity index is 1.49. The number of carboxylic acid groups (broad SMARTS) is 1. The van der Waals surface area contributed by atoms with Gasteiger partial charge in [-0.25, -0.2) is 9.78 Å². The molecule has 6 heteroatoms. The Kier molecular flexibility index (Phi) is 5.53. The third-order valence-corrected chi connectivity index (χ3v) is 5.54. The molecular formula is C23H21N3O2S. The van der Waals surface area contributed by atoms with Crippen LogP contribution in [0.1, 0.15) is 32.1 Å². The molecule has 0 amide bonds. The summed E-state index contributed by atoms with van der Waals surface area (Å²) in [5, 5.41) is 16.1. The van der Waals surface area contributed by atoms with Crippen LogP contribution in [0.2, 0.25) is 0 Å². The number of carboxylic acids is 1. The van der Waals surface area contributed by atoms with Crippen LogP contribution in [0.4, 0.5) is 0 Å². The molecule has 0 aliphatic heterocycles. The van der Waals surface area contributed by atoms with Gasteiger partial charge >= 0.3 is 5.97 Å². The Morgan fingerprint density at radius 1 is 1.10 bits per heavy atom. The molecule has 0 saturated carbocycles. The van der Waals surface area contributed by atoms with E-state index in [1.165, 1.54) is 29.1 Å². The predicted molar refractivity (Wildman–Crippen MR) is 114 cm³/mol. The second-order valence-corrected chi connectivity index (χ2v) is 7.99. The SMILES string of the molecule is Cc1cc(CCc2ccccc2)cc(-c2csc(Cn3cc(C(=O)O)cn3)n2)c1. The highest BCUT2D eigenvalue weighted by molar-refractivity contribution is 7.09. The molecule has 0 saturated heterocycles. The quantitative estimate of drug-likeness (QED) is 0.479. The molecule has 0 aliphatic carbocycles.